The average molecular weight is 339 g/mol. The van der Waals surface area contributed by atoms with Gasteiger partial charge in [-0.05, 0) is 0 Å². The Labute approximate surface area is 134 Å². The number of anilines is 2. The highest BCUT2D eigenvalue weighted by atomic mass is 16.6. The number of nitrogen functional groups attached to an aromatic ring is 2. The van der Waals surface area contributed by atoms with Crippen molar-refractivity contribution in [2.24, 2.45) is 11.6 Å². The molecule has 130 valence electrons. The molecule has 0 saturated carbocycles. The third kappa shape index (κ3) is 2.16. The number of nitrogens with zero attached hydrogens (tertiary/aromatic N) is 3. The zero-order chi connectivity index (χ0) is 17.6. The van der Waals surface area contributed by atoms with Gasteiger partial charge < -0.3 is 36.9 Å². The van der Waals surface area contributed by atoms with Gasteiger partial charge in [0.05, 0.1) is 17.6 Å². The minimum absolute atomic E-state index is 0.0143. The maximum atomic E-state index is 11.9. The Morgan fingerprint density at radius 3 is 2.62 bits per heavy atom. The van der Waals surface area contributed by atoms with Crippen molar-refractivity contribution in [1.82, 2.24) is 14.5 Å². The maximum Gasteiger partial charge on any atom is 0.253 e. The Morgan fingerprint density at radius 2 is 2.08 bits per heavy atom. The van der Waals surface area contributed by atoms with Crippen molar-refractivity contribution in [3.63, 3.8) is 0 Å². The van der Waals surface area contributed by atoms with Crippen LogP contribution in [0.25, 0.3) is 11.0 Å². The lowest BCUT2D eigenvalue weighted by Crippen LogP contribution is -2.33. The van der Waals surface area contributed by atoms with Crippen LogP contribution in [0.5, 0.6) is 0 Å². The Kier molecular flexibility index (Phi) is 3.98. The predicted molar refractivity (Wildman–Crippen MR) is 81.3 cm³/mol. The molecule has 24 heavy (non-hydrogen) atoms. The second-order valence-corrected chi connectivity index (χ2v) is 5.29. The number of aromatic nitrogens is 3. The van der Waals surface area contributed by atoms with Gasteiger partial charge >= 0.3 is 0 Å². The van der Waals surface area contributed by atoms with Crippen molar-refractivity contribution in [1.29, 1.82) is 0 Å². The van der Waals surface area contributed by atoms with Crippen LogP contribution in [-0.4, -0.2) is 60.7 Å². The lowest BCUT2D eigenvalue weighted by molar-refractivity contribution is -0.0499. The third-order valence-electron chi connectivity index (χ3n) is 3.97. The number of fused-ring (bicyclic) bond motifs is 1. The van der Waals surface area contributed by atoms with Gasteiger partial charge in [0, 0.05) is 0 Å². The summed E-state index contributed by atoms with van der Waals surface area (Å²) >= 11 is 0. The number of carbonyl (C=O) groups excluding carboxylic acids is 1. The minimum Gasteiger partial charge on any atom is -0.394 e. The normalized spacial score (nSPS) is 26.8. The first kappa shape index (κ1) is 16.4. The zero-order valence-corrected chi connectivity index (χ0v) is 12.3. The first-order valence-corrected chi connectivity index (χ1v) is 6.95. The molecule has 0 aliphatic carbocycles. The largest absolute Gasteiger partial charge is 0.394 e. The van der Waals surface area contributed by atoms with Gasteiger partial charge in [0.1, 0.15) is 41.9 Å². The van der Waals surface area contributed by atoms with Crippen molar-refractivity contribution in [2.75, 3.05) is 17.8 Å². The molecule has 4 atom stereocenters. The summed E-state index contributed by atoms with van der Waals surface area (Å²) in [5, 5.41) is 29.6. The fraction of sp³-hybridized carbons (Fsp3) is 0.417. The number of carbonyl (C=O) groups is 1. The molecule has 2 aromatic heterocycles. The number of hydrogen-bond acceptors (Lipinski definition) is 10. The fourth-order valence-electron chi connectivity index (χ4n) is 2.88. The van der Waals surface area contributed by atoms with Gasteiger partial charge in [-0.3, -0.25) is 9.36 Å². The number of hydrazine groups is 1. The number of nitrogens with one attached hydrogen (secondary N) is 1. The Hall–Kier alpha value is -2.51. The third-order valence-corrected chi connectivity index (χ3v) is 3.97. The smallest absolute Gasteiger partial charge is 0.253 e. The molecule has 12 heteroatoms. The highest BCUT2D eigenvalue weighted by molar-refractivity contribution is 6.13. The van der Waals surface area contributed by atoms with E-state index in [-0.39, 0.29) is 28.2 Å². The Balaban J connectivity index is 2.29. The summed E-state index contributed by atoms with van der Waals surface area (Å²) in [6.07, 6.45) is -3.82. The van der Waals surface area contributed by atoms with E-state index >= 15 is 0 Å². The topological polar surface area (TPSA) is 208 Å². The van der Waals surface area contributed by atoms with Crippen LogP contribution in [0.15, 0.2) is 6.33 Å². The molecule has 2 aromatic rings. The van der Waals surface area contributed by atoms with E-state index < -0.39 is 37.1 Å². The monoisotopic (exact) mass is 339 g/mol. The summed E-state index contributed by atoms with van der Waals surface area (Å²) in [5.74, 6) is 4.62. The highest BCUT2D eigenvalue weighted by Crippen LogP contribution is 2.39. The van der Waals surface area contributed by atoms with Gasteiger partial charge in [-0.1, -0.05) is 0 Å². The second-order valence-electron chi connectivity index (χ2n) is 5.29. The molecule has 10 N–H and O–H groups in total. The predicted octanol–water partition coefficient (Wildman–Crippen LogP) is -2.99. The van der Waals surface area contributed by atoms with Crippen molar-refractivity contribution < 1.29 is 24.9 Å². The fourth-order valence-corrected chi connectivity index (χ4v) is 2.88. The Bertz CT molecular complexity index is 794. The molecular formula is C12H17N7O5. The van der Waals surface area contributed by atoms with E-state index in [0.717, 1.165) is 6.33 Å². The molecule has 1 fully saturated rings. The van der Waals surface area contributed by atoms with E-state index in [1.165, 1.54) is 4.57 Å². The van der Waals surface area contributed by atoms with Crippen LogP contribution in [0, 0.1) is 0 Å². The lowest BCUT2D eigenvalue weighted by Gasteiger charge is -2.20. The van der Waals surface area contributed by atoms with Gasteiger partial charge in [-0.2, -0.15) is 0 Å². The quantitative estimate of drug-likeness (QED) is 0.222. The van der Waals surface area contributed by atoms with Crippen LogP contribution < -0.4 is 22.7 Å². The zero-order valence-electron chi connectivity index (χ0n) is 12.3. The van der Waals surface area contributed by atoms with Crippen LogP contribution in [0.1, 0.15) is 16.6 Å². The SMILES string of the molecule is NNc1c(C(N)=O)c2c(N)ncnc2n1C1O[C@H](CO)[C@@H](O)[C@H]1O. The van der Waals surface area contributed by atoms with Gasteiger partial charge in [0.15, 0.2) is 6.23 Å². The first-order valence-electron chi connectivity index (χ1n) is 6.95. The standard InChI is InChI=1S/C12H17N7O5/c13-8-4-5(9(14)23)11(18-15)19(10(4)17-2-16-8)12-7(22)6(21)3(1-20)24-12/h2-3,6-7,12,18,20-22H,1,15H2,(H2,14,23)(H2,13,16,17)/t3-,6-,7-,12?/m1/s1. The van der Waals surface area contributed by atoms with Crippen LogP contribution in [-0.2, 0) is 4.74 Å². The van der Waals surface area contributed by atoms with Gasteiger partial charge in [-0.25, -0.2) is 15.8 Å². The van der Waals surface area contributed by atoms with E-state index in [0.29, 0.717) is 0 Å². The average Bonchev–Trinajstić information content (AvgIpc) is 3.03. The van der Waals surface area contributed by atoms with Gasteiger partial charge in [0.2, 0.25) is 0 Å². The molecule has 0 bridgehead atoms. The summed E-state index contributed by atoms with van der Waals surface area (Å²) in [4.78, 5) is 19.7. The summed E-state index contributed by atoms with van der Waals surface area (Å²) in [6, 6.07) is 0. The second kappa shape index (κ2) is 5.85. The van der Waals surface area contributed by atoms with E-state index in [1.807, 2.05) is 0 Å². The molecular weight excluding hydrogens is 322 g/mol. The first-order chi connectivity index (χ1) is 11.4. The highest BCUT2D eigenvalue weighted by Gasteiger charge is 2.45. The number of aliphatic hydroxyl groups excluding tert-OH is 3. The number of primary amides is 1. The van der Waals surface area contributed by atoms with Crippen molar-refractivity contribution in [3.05, 3.63) is 11.9 Å². The number of amides is 1. The lowest BCUT2D eigenvalue weighted by atomic mass is 10.1. The van der Waals surface area contributed by atoms with Crippen LogP contribution >= 0.6 is 0 Å². The van der Waals surface area contributed by atoms with E-state index in [1.54, 1.807) is 0 Å². The number of nitrogens with two attached hydrogens (primary N) is 3. The summed E-state index contributed by atoms with van der Waals surface area (Å²) in [7, 11) is 0. The van der Waals surface area contributed by atoms with Crippen molar-refractivity contribution in [3.8, 4) is 0 Å². The molecule has 0 spiro atoms. The molecule has 1 saturated heterocycles. The molecule has 1 aliphatic heterocycles. The number of ether oxygens (including phenoxy) is 1. The molecule has 12 nitrogen and oxygen atoms in total. The van der Waals surface area contributed by atoms with Crippen molar-refractivity contribution in [2.45, 2.75) is 24.5 Å². The molecule has 0 radical (unpaired) electrons. The molecule has 3 rings (SSSR count). The summed E-state index contributed by atoms with van der Waals surface area (Å²) in [6.45, 7) is -0.515. The maximum absolute atomic E-state index is 11.9. The summed E-state index contributed by atoms with van der Waals surface area (Å²) < 4.78 is 6.72. The molecule has 1 unspecified atom stereocenters. The van der Waals surface area contributed by atoms with Gasteiger partial charge in [-0.15, -0.1) is 0 Å². The van der Waals surface area contributed by atoms with Crippen LogP contribution in [0.4, 0.5) is 11.6 Å². The van der Waals surface area contributed by atoms with Crippen molar-refractivity contribution >= 4 is 28.6 Å². The van der Waals surface area contributed by atoms with E-state index in [9.17, 15) is 20.1 Å². The number of rotatable bonds is 4. The molecule has 0 aromatic carbocycles. The molecule has 3 heterocycles. The molecule has 1 amide bonds. The number of hydrogen-bond donors (Lipinski definition) is 7. The van der Waals surface area contributed by atoms with Gasteiger partial charge in [0.25, 0.3) is 5.91 Å². The summed E-state index contributed by atoms with van der Waals surface area (Å²) in [5.41, 5.74) is 13.6. The van der Waals surface area contributed by atoms with Crippen LogP contribution in [0.3, 0.4) is 0 Å². The Morgan fingerprint density at radius 1 is 1.38 bits per heavy atom. The molecule has 1 aliphatic rings. The van der Waals surface area contributed by atoms with Crippen LogP contribution in [0.2, 0.25) is 0 Å². The number of aliphatic hydroxyl groups is 3. The van der Waals surface area contributed by atoms with E-state index in [4.69, 9.17) is 22.0 Å². The van der Waals surface area contributed by atoms with E-state index in [2.05, 4.69) is 15.4 Å². The minimum atomic E-state index is -1.42.